The SMILES string of the molecule is C=CCCC(C)NCC1(C)CCCCC1O. The first kappa shape index (κ1) is 13.7. The van der Waals surface area contributed by atoms with E-state index < -0.39 is 0 Å². The first-order valence-electron chi connectivity index (χ1n) is 6.61. The van der Waals surface area contributed by atoms with Gasteiger partial charge in [0.05, 0.1) is 6.10 Å². The fourth-order valence-corrected chi connectivity index (χ4v) is 2.47. The molecular formula is C14H27NO. The Hall–Kier alpha value is -0.340. The van der Waals surface area contributed by atoms with Crippen LogP contribution in [0.5, 0.6) is 0 Å². The number of nitrogens with one attached hydrogen (secondary N) is 1. The zero-order valence-corrected chi connectivity index (χ0v) is 10.8. The molecular weight excluding hydrogens is 198 g/mol. The van der Waals surface area contributed by atoms with E-state index in [0.717, 1.165) is 32.2 Å². The van der Waals surface area contributed by atoms with Crippen LogP contribution in [0.4, 0.5) is 0 Å². The molecule has 2 N–H and O–H groups in total. The fourth-order valence-electron chi connectivity index (χ4n) is 2.47. The van der Waals surface area contributed by atoms with Crippen molar-refractivity contribution in [2.24, 2.45) is 5.41 Å². The second kappa shape index (κ2) is 6.41. The Balaban J connectivity index is 2.31. The summed E-state index contributed by atoms with van der Waals surface area (Å²) in [5, 5.41) is 13.6. The van der Waals surface area contributed by atoms with Gasteiger partial charge in [-0.25, -0.2) is 0 Å². The molecule has 0 aromatic heterocycles. The summed E-state index contributed by atoms with van der Waals surface area (Å²) in [5.41, 5.74) is 0.0840. The highest BCUT2D eigenvalue weighted by Crippen LogP contribution is 2.35. The highest BCUT2D eigenvalue weighted by molar-refractivity contribution is 4.88. The summed E-state index contributed by atoms with van der Waals surface area (Å²) in [6.45, 7) is 9.10. The van der Waals surface area contributed by atoms with E-state index >= 15 is 0 Å². The fraction of sp³-hybridized carbons (Fsp3) is 0.857. The van der Waals surface area contributed by atoms with Gasteiger partial charge in [-0.15, -0.1) is 6.58 Å². The third-order valence-corrected chi connectivity index (χ3v) is 3.94. The zero-order valence-electron chi connectivity index (χ0n) is 10.8. The first-order valence-corrected chi connectivity index (χ1v) is 6.61. The molecule has 0 amide bonds. The van der Waals surface area contributed by atoms with Crippen molar-refractivity contribution in [3.63, 3.8) is 0 Å². The molecule has 0 spiro atoms. The summed E-state index contributed by atoms with van der Waals surface area (Å²) in [4.78, 5) is 0. The summed E-state index contributed by atoms with van der Waals surface area (Å²) < 4.78 is 0. The van der Waals surface area contributed by atoms with Crippen molar-refractivity contribution in [3.8, 4) is 0 Å². The highest BCUT2D eigenvalue weighted by atomic mass is 16.3. The Morgan fingerprint density at radius 2 is 2.31 bits per heavy atom. The molecule has 94 valence electrons. The lowest BCUT2D eigenvalue weighted by atomic mass is 9.73. The topological polar surface area (TPSA) is 32.3 Å². The Labute approximate surface area is 100 Å². The van der Waals surface area contributed by atoms with Gasteiger partial charge < -0.3 is 10.4 Å². The average Bonchev–Trinajstić information content (AvgIpc) is 2.28. The minimum absolute atomic E-state index is 0.0840. The summed E-state index contributed by atoms with van der Waals surface area (Å²) >= 11 is 0. The number of hydrogen-bond acceptors (Lipinski definition) is 2. The van der Waals surface area contributed by atoms with Crippen LogP contribution in [0, 0.1) is 5.41 Å². The van der Waals surface area contributed by atoms with Gasteiger partial charge in [-0.2, -0.15) is 0 Å². The molecule has 3 atom stereocenters. The van der Waals surface area contributed by atoms with E-state index in [1.165, 1.54) is 12.8 Å². The van der Waals surface area contributed by atoms with Crippen LogP contribution < -0.4 is 5.32 Å². The second-order valence-corrected chi connectivity index (χ2v) is 5.56. The lowest BCUT2D eigenvalue weighted by Gasteiger charge is -2.39. The lowest BCUT2D eigenvalue weighted by Crippen LogP contribution is -2.45. The van der Waals surface area contributed by atoms with E-state index in [0.29, 0.717) is 6.04 Å². The second-order valence-electron chi connectivity index (χ2n) is 5.56. The molecule has 0 bridgehead atoms. The summed E-state index contributed by atoms with van der Waals surface area (Å²) in [6, 6.07) is 0.518. The maximum absolute atomic E-state index is 10.1. The van der Waals surface area contributed by atoms with Gasteiger partial charge in [0.1, 0.15) is 0 Å². The Kier molecular flexibility index (Phi) is 5.50. The average molecular weight is 225 g/mol. The molecule has 16 heavy (non-hydrogen) atoms. The van der Waals surface area contributed by atoms with Crippen LogP contribution in [-0.2, 0) is 0 Å². The van der Waals surface area contributed by atoms with Gasteiger partial charge in [-0.1, -0.05) is 25.8 Å². The third-order valence-electron chi connectivity index (χ3n) is 3.94. The smallest absolute Gasteiger partial charge is 0.0605 e. The van der Waals surface area contributed by atoms with Crippen LogP contribution in [0.2, 0.25) is 0 Å². The third kappa shape index (κ3) is 3.91. The first-order chi connectivity index (χ1) is 7.58. The van der Waals surface area contributed by atoms with Crippen LogP contribution in [0.15, 0.2) is 12.7 Å². The van der Waals surface area contributed by atoms with Crippen LogP contribution in [0.3, 0.4) is 0 Å². The number of aliphatic hydroxyl groups excluding tert-OH is 1. The minimum atomic E-state index is -0.125. The maximum atomic E-state index is 10.1. The standard InChI is InChI=1S/C14H27NO/c1-4-5-8-12(2)15-11-14(3)10-7-6-9-13(14)16/h4,12-13,15-16H,1,5-11H2,2-3H3. The van der Waals surface area contributed by atoms with Crippen molar-refractivity contribution in [2.75, 3.05) is 6.54 Å². The van der Waals surface area contributed by atoms with Crippen molar-refractivity contribution >= 4 is 0 Å². The predicted octanol–water partition coefficient (Wildman–Crippen LogP) is 2.87. The van der Waals surface area contributed by atoms with Crippen LogP contribution in [0.1, 0.15) is 52.4 Å². The molecule has 1 aliphatic rings. The van der Waals surface area contributed by atoms with Gasteiger partial charge in [0.2, 0.25) is 0 Å². The quantitative estimate of drug-likeness (QED) is 0.681. The summed E-state index contributed by atoms with van der Waals surface area (Å²) in [6.07, 6.45) is 8.60. The molecule has 3 unspecified atom stereocenters. The molecule has 2 nitrogen and oxygen atoms in total. The van der Waals surface area contributed by atoms with Crippen molar-refractivity contribution in [3.05, 3.63) is 12.7 Å². The van der Waals surface area contributed by atoms with E-state index in [1.54, 1.807) is 0 Å². The molecule has 1 saturated carbocycles. The van der Waals surface area contributed by atoms with Crippen molar-refractivity contribution in [1.82, 2.24) is 5.32 Å². The van der Waals surface area contributed by atoms with Crippen molar-refractivity contribution in [2.45, 2.75) is 64.5 Å². The van der Waals surface area contributed by atoms with Gasteiger partial charge in [0.15, 0.2) is 0 Å². The molecule has 0 radical (unpaired) electrons. The zero-order chi connectivity index (χ0) is 12.0. The molecule has 1 aliphatic carbocycles. The summed E-state index contributed by atoms with van der Waals surface area (Å²) in [5.74, 6) is 0. The lowest BCUT2D eigenvalue weighted by molar-refractivity contribution is -0.0000753. The van der Waals surface area contributed by atoms with Crippen LogP contribution >= 0.6 is 0 Å². The van der Waals surface area contributed by atoms with E-state index in [4.69, 9.17) is 0 Å². The van der Waals surface area contributed by atoms with Gasteiger partial charge in [-0.05, 0) is 32.6 Å². The summed E-state index contributed by atoms with van der Waals surface area (Å²) in [7, 11) is 0. The Bertz CT molecular complexity index is 217. The molecule has 0 heterocycles. The molecule has 0 saturated heterocycles. The normalized spacial score (nSPS) is 32.3. The van der Waals surface area contributed by atoms with Gasteiger partial charge >= 0.3 is 0 Å². The molecule has 0 aliphatic heterocycles. The van der Waals surface area contributed by atoms with E-state index in [-0.39, 0.29) is 11.5 Å². The van der Waals surface area contributed by atoms with Gasteiger partial charge in [0.25, 0.3) is 0 Å². The molecule has 1 fully saturated rings. The number of aliphatic hydroxyl groups is 1. The predicted molar refractivity (Wildman–Crippen MR) is 69.5 cm³/mol. The van der Waals surface area contributed by atoms with E-state index in [9.17, 15) is 5.11 Å². The maximum Gasteiger partial charge on any atom is 0.0605 e. The number of hydrogen-bond donors (Lipinski definition) is 2. The van der Waals surface area contributed by atoms with E-state index in [1.807, 2.05) is 6.08 Å². The minimum Gasteiger partial charge on any atom is -0.393 e. The molecule has 2 heteroatoms. The van der Waals surface area contributed by atoms with Gasteiger partial charge in [-0.3, -0.25) is 0 Å². The highest BCUT2D eigenvalue weighted by Gasteiger charge is 2.35. The number of allylic oxidation sites excluding steroid dienone is 1. The van der Waals surface area contributed by atoms with E-state index in [2.05, 4.69) is 25.7 Å². The van der Waals surface area contributed by atoms with Crippen molar-refractivity contribution < 1.29 is 5.11 Å². The molecule has 1 rings (SSSR count). The Morgan fingerprint density at radius 1 is 1.56 bits per heavy atom. The Morgan fingerprint density at radius 3 is 2.94 bits per heavy atom. The molecule has 0 aromatic carbocycles. The van der Waals surface area contributed by atoms with Crippen LogP contribution in [0.25, 0.3) is 0 Å². The largest absolute Gasteiger partial charge is 0.393 e. The van der Waals surface area contributed by atoms with Crippen LogP contribution in [-0.4, -0.2) is 23.8 Å². The van der Waals surface area contributed by atoms with Gasteiger partial charge in [0, 0.05) is 18.0 Å². The van der Waals surface area contributed by atoms with Crippen molar-refractivity contribution in [1.29, 1.82) is 0 Å². The molecule has 0 aromatic rings. The number of rotatable bonds is 6. The monoisotopic (exact) mass is 225 g/mol.